The molecule has 0 radical (unpaired) electrons. The number of para-hydroxylation sites is 1. The monoisotopic (exact) mass is 281 g/mol. The van der Waals surface area contributed by atoms with Gasteiger partial charge in [-0.05, 0) is 23.8 Å². The average molecular weight is 281 g/mol. The fourth-order valence-electron chi connectivity index (χ4n) is 2.13. The molecular formula is C17H17N2S+. The number of rotatable bonds is 2. The highest BCUT2D eigenvalue weighted by atomic mass is 32.1. The maximum absolute atomic E-state index is 2.23. The van der Waals surface area contributed by atoms with Gasteiger partial charge < -0.3 is 4.90 Å². The first-order valence-electron chi connectivity index (χ1n) is 6.58. The van der Waals surface area contributed by atoms with Crippen molar-refractivity contribution in [2.45, 2.75) is 0 Å². The van der Waals surface area contributed by atoms with Crippen LogP contribution in [0.1, 0.15) is 5.01 Å². The van der Waals surface area contributed by atoms with E-state index in [4.69, 9.17) is 0 Å². The van der Waals surface area contributed by atoms with E-state index >= 15 is 0 Å². The molecule has 100 valence electrons. The highest BCUT2D eigenvalue weighted by molar-refractivity contribution is 7.18. The summed E-state index contributed by atoms with van der Waals surface area (Å²) >= 11 is 1.81. The topological polar surface area (TPSA) is 7.12 Å². The Morgan fingerprint density at radius 1 is 1.15 bits per heavy atom. The minimum Gasteiger partial charge on any atom is -0.357 e. The molecule has 0 bridgehead atoms. The normalized spacial score (nSPS) is 14.7. The van der Waals surface area contributed by atoms with Crippen LogP contribution in [0.5, 0.6) is 0 Å². The second kappa shape index (κ2) is 5.47. The van der Waals surface area contributed by atoms with Gasteiger partial charge in [-0.3, -0.25) is 0 Å². The number of hydrogen-bond acceptors (Lipinski definition) is 2. The van der Waals surface area contributed by atoms with Crippen LogP contribution in [-0.4, -0.2) is 11.9 Å². The molecule has 2 heterocycles. The number of allylic oxidation sites excluding steroid dienone is 5. The molecular weight excluding hydrogens is 264 g/mol. The summed E-state index contributed by atoms with van der Waals surface area (Å²) in [6.45, 7) is 0. The molecule has 0 atom stereocenters. The number of hydrogen-bond donors (Lipinski definition) is 0. The van der Waals surface area contributed by atoms with Gasteiger partial charge in [0.2, 0.25) is 5.52 Å². The van der Waals surface area contributed by atoms with E-state index in [0.717, 1.165) is 0 Å². The first-order valence-corrected chi connectivity index (χ1v) is 7.40. The molecule has 1 aromatic carbocycles. The summed E-state index contributed by atoms with van der Waals surface area (Å²) in [7, 11) is 4.14. The van der Waals surface area contributed by atoms with Crippen LogP contribution in [0.3, 0.4) is 0 Å². The quantitative estimate of drug-likeness (QED) is 0.762. The van der Waals surface area contributed by atoms with Crippen LogP contribution < -0.4 is 4.57 Å². The van der Waals surface area contributed by atoms with E-state index in [1.807, 2.05) is 23.3 Å². The van der Waals surface area contributed by atoms with E-state index in [-0.39, 0.29) is 0 Å². The lowest BCUT2D eigenvalue weighted by Crippen LogP contribution is -2.28. The van der Waals surface area contributed by atoms with E-state index in [2.05, 4.69) is 78.7 Å². The van der Waals surface area contributed by atoms with Crippen LogP contribution in [0.4, 0.5) is 0 Å². The van der Waals surface area contributed by atoms with Crippen molar-refractivity contribution in [3.8, 4) is 0 Å². The van der Waals surface area contributed by atoms with Gasteiger partial charge >= 0.3 is 0 Å². The van der Waals surface area contributed by atoms with Crippen molar-refractivity contribution in [3.05, 3.63) is 71.6 Å². The predicted molar refractivity (Wildman–Crippen MR) is 86.2 cm³/mol. The van der Waals surface area contributed by atoms with Gasteiger partial charge in [-0.2, -0.15) is 4.57 Å². The maximum atomic E-state index is 2.23. The summed E-state index contributed by atoms with van der Waals surface area (Å²) in [6, 6.07) is 8.49. The second-order valence-corrected chi connectivity index (χ2v) is 5.85. The summed E-state index contributed by atoms with van der Waals surface area (Å²) in [5, 5.41) is 1.25. The molecule has 2 nitrogen and oxygen atoms in total. The lowest BCUT2D eigenvalue weighted by Gasteiger charge is -2.11. The predicted octanol–water partition coefficient (Wildman–Crippen LogP) is 3.64. The highest BCUT2D eigenvalue weighted by Gasteiger charge is 2.12. The molecule has 0 saturated heterocycles. The molecule has 3 rings (SSSR count). The fourth-order valence-corrected chi connectivity index (χ4v) is 3.19. The Balaban J connectivity index is 1.85. The molecule has 0 saturated carbocycles. The van der Waals surface area contributed by atoms with Gasteiger partial charge in [-0.15, -0.1) is 0 Å². The van der Waals surface area contributed by atoms with Crippen molar-refractivity contribution < 1.29 is 4.57 Å². The third-order valence-electron chi connectivity index (χ3n) is 3.30. The molecule has 3 heteroatoms. The number of fused-ring (bicyclic) bond motifs is 1. The van der Waals surface area contributed by atoms with Gasteiger partial charge in [0.1, 0.15) is 11.7 Å². The zero-order valence-electron chi connectivity index (χ0n) is 11.7. The first-order chi connectivity index (χ1) is 9.74. The van der Waals surface area contributed by atoms with Crippen LogP contribution in [0.2, 0.25) is 0 Å². The standard InChI is InChI=1S/C17H17N2S/c1-18-12-10-14(11-13-18)6-5-9-17-19(2)15-7-3-4-8-16(15)20-17/h3-13H,1-2H3/q+1. The molecule has 0 spiro atoms. The minimum absolute atomic E-state index is 1.21. The number of thiazole rings is 1. The van der Waals surface area contributed by atoms with Crippen LogP contribution in [-0.2, 0) is 7.05 Å². The van der Waals surface area contributed by atoms with E-state index in [1.54, 1.807) is 0 Å². The molecule has 0 amide bonds. The van der Waals surface area contributed by atoms with Crippen LogP contribution in [0.15, 0.2) is 66.5 Å². The highest BCUT2D eigenvalue weighted by Crippen LogP contribution is 2.20. The van der Waals surface area contributed by atoms with Gasteiger partial charge in [0.05, 0.1) is 0 Å². The van der Waals surface area contributed by atoms with Crippen LogP contribution in [0, 0.1) is 0 Å². The summed E-state index contributed by atoms with van der Waals surface area (Å²) in [6.07, 6.45) is 14.7. The molecule has 1 aliphatic heterocycles. The Morgan fingerprint density at radius 2 is 1.90 bits per heavy atom. The maximum Gasteiger partial charge on any atom is 0.262 e. The molecule has 1 aliphatic rings. The Kier molecular flexibility index (Phi) is 3.52. The van der Waals surface area contributed by atoms with E-state index in [1.165, 1.54) is 20.8 Å². The van der Waals surface area contributed by atoms with Gasteiger partial charge in [-0.1, -0.05) is 35.6 Å². The fraction of sp³-hybridized carbons (Fsp3) is 0.118. The van der Waals surface area contributed by atoms with E-state index in [0.29, 0.717) is 0 Å². The van der Waals surface area contributed by atoms with Crippen LogP contribution >= 0.6 is 11.3 Å². The molecule has 1 aromatic heterocycles. The molecule has 0 aliphatic carbocycles. The summed E-state index contributed by atoms with van der Waals surface area (Å²) < 4.78 is 3.55. The molecule has 0 N–H and O–H groups in total. The Morgan fingerprint density at radius 3 is 2.65 bits per heavy atom. The smallest absolute Gasteiger partial charge is 0.262 e. The molecule has 20 heavy (non-hydrogen) atoms. The van der Waals surface area contributed by atoms with E-state index in [9.17, 15) is 0 Å². The second-order valence-electron chi connectivity index (χ2n) is 4.79. The molecule has 0 fully saturated rings. The van der Waals surface area contributed by atoms with Gasteiger partial charge in [0, 0.05) is 31.6 Å². The lowest BCUT2D eigenvalue weighted by atomic mass is 10.2. The van der Waals surface area contributed by atoms with Crippen molar-refractivity contribution in [1.82, 2.24) is 4.90 Å². The Bertz CT molecular complexity index is 731. The third kappa shape index (κ3) is 2.58. The van der Waals surface area contributed by atoms with Gasteiger partial charge in [0.15, 0.2) is 0 Å². The van der Waals surface area contributed by atoms with Crippen LogP contribution in [0.25, 0.3) is 16.3 Å². The summed E-state index contributed by atoms with van der Waals surface area (Å²) in [4.78, 5) is 2.03. The van der Waals surface area contributed by atoms with E-state index < -0.39 is 0 Å². The Labute approximate surface area is 123 Å². The van der Waals surface area contributed by atoms with Crippen molar-refractivity contribution >= 4 is 27.6 Å². The number of aryl methyl sites for hydroxylation is 1. The number of nitrogens with zero attached hydrogens (tertiary/aromatic N) is 2. The summed E-state index contributed by atoms with van der Waals surface area (Å²) in [5.41, 5.74) is 2.49. The zero-order valence-corrected chi connectivity index (χ0v) is 12.5. The Hall–Kier alpha value is -2.13. The lowest BCUT2D eigenvalue weighted by molar-refractivity contribution is -0.642. The number of aromatic nitrogens is 1. The third-order valence-corrected chi connectivity index (χ3v) is 4.49. The molecule has 2 aromatic rings. The molecule has 0 unspecified atom stereocenters. The van der Waals surface area contributed by atoms with Gasteiger partial charge in [0.25, 0.3) is 5.01 Å². The number of benzene rings is 1. The minimum atomic E-state index is 1.21. The average Bonchev–Trinajstić information content (AvgIpc) is 2.78. The van der Waals surface area contributed by atoms with Crippen molar-refractivity contribution in [1.29, 1.82) is 0 Å². The van der Waals surface area contributed by atoms with Crippen molar-refractivity contribution in [2.24, 2.45) is 7.05 Å². The summed E-state index contributed by atoms with van der Waals surface area (Å²) in [5.74, 6) is 0. The van der Waals surface area contributed by atoms with Crippen molar-refractivity contribution in [2.75, 3.05) is 7.05 Å². The van der Waals surface area contributed by atoms with Crippen molar-refractivity contribution in [3.63, 3.8) is 0 Å². The first kappa shape index (κ1) is 12.9. The zero-order chi connectivity index (χ0) is 13.9. The van der Waals surface area contributed by atoms with Gasteiger partial charge in [-0.25, -0.2) is 0 Å². The SMILES string of the molecule is CN1C=CC(=C/C=C/c2sc3ccccc3[n+]2C)C=C1. The largest absolute Gasteiger partial charge is 0.357 e.